The zero-order chi connectivity index (χ0) is 41.2. The maximum Gasteiger partial charge on any atom is 0.159 e. The molecule has 1 aromatic heterocycles. The SMILES string of the molecule is c1ccc(-c2ccccc2-c2ccccc2-c2ccc(N(c3ccc(-c4ccccc4-c4ccccc4-c4ccccc4)cc3)c3cccc4c3oc3ccccc34)cc2)cc1. The van der Waals surface area contributed by atoms with Crippen LogP contribution in [0.25, 0.3) is 88.7 Å². The number of rotatable bonds is 9. The summed E-state index contributed by atoms with van der Waals surface area (Å²) in [6, 6.07) is 88.9. The molecule has 62 heavy (non-hydrogen) atoms. The molecule has 0 spiro atoms. The lowest BCUT2D eigenvalue weighted by Gasteiger charge is -2.26. The normalized spacial score (nSPS) is 11.2. The van der Waals surface area contributed by atoms with Crippen molar-refractivity contribution in [1.82, 2.24) is 0 Å². The van der Waals surface area contributed by atoms with Crippen molar-refractivity contribution >= 4 is 39.0 Å². The maximum atomic E-state index is 6.68. The second kappa shape index (κ2) is 16.1. The van der Waals surface area contributed by atoms with Gasteiger partial charge in [-0.2, -0.15) is 0 Å². The van der Waals surface area contributed by atoms with E-state index in [1.807, 2.05) is 12.1 Å². The number of nitrogens with zero attached hydrogens (tertiary/aromatic N) is 1. The highest BCUT2D eigenvalue weighted by atomic mass is 16.3. The third-order valence-electron chi connectivity index (χ3n) is 12.0. The summed E-state index contributed by atoms with van der Waals surface area (Å²) in [6.07, 6.45) is 0. The van der Waals surface area contributed by atoms with Gasteiger partial charge in [0.25, 0.3) is 0 Å². The van der Waals surface area contributed by atoms with Gasteiger partial charge < -0.3 is 9.32 Å². The van der Waals surface area contributed by atoms with E-state index in [-0.39, 0.29) is 0 Å². The Hall–Kier alpha value is -8.20. The molecule has 0 amide bonds. The van der Waals surface area contributed by atoms with Gasteiger partial charge in [-0.15, -0.1) is 0 Å². The fourth-order valence-electron chi connectivity index (χ4n) is 9.03. The van der Waals surface area contributed by atoms with Gasteiger partial charge in [-0.05, 0) is 103 Å². The molecule has 0 bridgehead atoms. The third kappa shape index (κ3) is 6.74. The smallest absolute Gasteiger partial charge is 0.159 e. The zero-order valence-electron chi connectivity index (χ0n) is 34.0. The topological polar surface area (TPSA) is 16.4 Å². The Kier molecular flexibility index (Phi) is 9.57. The van der Waals surface area contributed by atoms with Crippen molar-refractivity contribution in [2.45, 2.75) is 0 Å². The molecule has 0 N–H and O–H groups in total. The summed E-state index contributed by atoms with van der Waals surface area (Å²) in [5.41, 5.74) is 19.1. The fourth-order valence-corrected chi connectivity index (χ4v) is 9.03. The van der Waals surface area contributed by atoms with Crippen LogP contribution in [-0.4, -0.2) is 0 Å². The predicted octanol–water partition coefficient (Wildman–Crippen LogP) is 17.1. The Bertz CT molecular complexity index is 3160. The minimum absolute atomic E-state index is 0.854. The first kappa shape index (κ1) is 36.8. The molecule has 0 atom stereocenters. The van der Waals surface area contributed by atoms with Crippen molar-refractivity contribution in [1.29, 1.82) is 0 Å². The summed E-state index contributed by atoms with van der Waals surface area (Å²) in [4.78, 5) is 2.32. The highest BCUT2D eigenvalue weighted by molar-refractivity contribution is 6.10. The minimum Gasteiger partial charge on any atom is -0.454 e. The van der Waals surface area contributed by atoms with Crippen LogP contribution in [0.3, 0.4) is 0 Å². The van der Waals surface area contributed by atoms with Crippen LogP contribution in [0.15, 0.2) is 253 Å². The van der Waals surface area contributed by atoms with Crippen molar-refractivity contribution in [3.05, 3.63) is 249 Å². The largest absolute Gasteiger partial charge is 0.454 e. The van der Waals surface area contributed by atoms with Crippen LogP contribution in [0, 0.1) is 0 Å². The Morgan fingerprint density at radius 3 is 1.02 bits per heavy atom. The Morgan fingerprint density at radius 2 is 0.581 bits per heavy atom. The number of benzene rings is 10. The fraction of sp³-hybridized carbons (Fsp3) is 0. The Morgan fingerprint density at radius 1 is 0.242 bits per heavy atom. The van der Waals surface area contributed by atoms with Crippen molar-refractivity contribution < 1.29 is 4.42 Å². The average Bonchev–Trinajstić information content (AvgIpc) is 3.75. The van der Waals surface area contributed by atoms with E-state index in [0.29, 0.717) is 0 Å². The van der Waals surface area contributed by atoms with Gasteiger partial charge in [-0.1, -0.05) is 212 Å². The molecular formula is C60H41NO. The molecule has 0 fully saturated rings. The zero-order valence-corrected chi connectivity index (χ0v) is 34.0. The van der Waals surface area contributed by atoms with Gasteiger partial charge in [-0.25, -0.2) is 0 Å². The van der Waals surface area contributed by atoms with E-state index in [9.17, 15) is 0 Å². The molecule has 292 valence electrons. The molecule has 0 aliphatic rings. The van der Waals surface area contributed by atoms with E-state index in [0.717, 1.165) is 50.1 Å². The first-order valence-corrected chi connectivity index (χ1v) is 21.2. The van der Waals surface area contributed by atoms with Crippen LogP contribution in [0.2, 0.25) is 0 Å². The van der Waals surface area contributed by atoms with Gasteiger partial charge >= 0.3 is 0 Å². The summed E-state index contributed by atoms with van der Waals surface area (Å²) in [6.45, 7) is 0. The molecule has 2 heteroatoms. The van der Waals surface area contributed by atoms with Gasteiger partial charge in [0, 0.05) is 22.1 Å². The minimum atomic E-state index is 0.854. The molecule has 0 radical (unpaired) electrons. The summed E-state index contributed by atoms with van der Waals surface area (Å²) >= 11 is 0. The van der Waals surface area contributed by atoms with Crippen molar-refractivity contribution in [2.24, 2.45) is 0 Å². The van der Waals surface area contributed by atoms with Crippen LogP contribution in [0.1, 0.15) is 0 Å². The lowest BCUT2D eigenvalue weighted by molar-refractivity contribution is 0.669. The molecule has 0 aliphatic heterocycles. The lowest BCUT2D eigenvalue weighted by Crippen LogP contribution is -2.10. The average molecular weight is 792 g/mol. The van der Waals surface area contributed by atoms with E-state index in [4.69, 9.17) is 4.42 Å². The Labute approximate surface area is 362 Å². The maximum absolute atomic E-state index is 6.68. The van der Waals surface area contributed by atoms with E-state index >= 15 is 0 Å². The van der Waals surface area contributed by atoms with E-state index in [2.05, 4.69) is 241 Å². The Balaban J connectivity index is 1.02. The van der Waals surface area contributed by atoms with E-state index in [1.165, 1.54) is 55.6 Å². The van der Waals surface area contributed by atoms with Crippen molar-refractivity contribution in [3.8, 4) is 66.8 Å². The van der Waals surface area contributed by atoms with Gasteiger partial charge in [0.2, 0.25) is 0 Å². The number of para-hydroxylation sites is 2. The van der Waals surface area contributed by atoms with Gasteiger partial charge in [0.1, 0.15) is 5.58 Å². The van der Waals surface area contributed by atoms with Gasteiger partial charge in [0.15, 0.2) is 5.58 Å². The summed E-state index contributed by atoms with van der Waals surface area (Å²) in [7, 11) is 0. The molecule has 0 saturated carbocycles. The standard InChI is InChI=1S/C60H41NO/c1-3-18-42(19-4-1)48-22-7-11-26-52(48)54-28-13-9-24-50(54)44-34-38-46(39-35-44)61(58-32-17-31-57-56-30-15-16-33-59(56)62-60(57)58)47-40-36-45(37-41-47)51-25-10-14-29-55(51)53-27-12-8-23-49(53)43-20-5-2-6-21-43/h1-41H. The van der Waals surface area contributed by atoms with E-state index < -0.39 is 0 Å². The van der Waals surface area contributed by atoms with Crippen LogP contribution < -0.4 is 4.90 Å². The molecule has 11 rings (SSSR count). The lowest BCUT2D eigenvalue weighted by atomic mass is 9.89. The van der Waals surface area contributed by atoms with Crippen LogP contribution in [0.4, 0.5) is 17.1 Å². The van der Waals surface area contributed by atoms with E-state index in [1.54, 1.807) is 0 Å². The van der Waals surface area contributed by atoms with Gasteiger partial charge in [-0.3, -0.25) is 0 Å². The molecule has 2 nitrogen and oxygen atoms in total. The monoisotopic (exact) mass is 791 g/mol. The number of hydrogen-bond acceptors (Lipinski definition) is 2. The van der Waals surface area contributed by atoms with Crippen LogP contribution >= 0.6 is 0 Å². The third-order valence-corrected chi connectivity index (χ3v) is 12.0. The number of furan rings is 1. The summed E-state index contributed by atoms with van der Waals surface area (Å²) in [5.74, 6) is 0. The quantitative estimate of drug-likeness (QED) is 0.145. The number of anilines is 3. The first-order chi connectivity index (χ1) is 30.8. The van der Waals surface area contributed by atoms with Gasteiger partial charge in [0.05, 0.1) is 5.69 Å². The van der Waals surface area contributed by atoms with Crippen LogP contribution in [0.5, 0.6) is 0 Å². The number of hydrogen-bond donors (Lipinski definition) is 0. The molecule has 0 saturated heterocycles. The highest BCUT2D eigenvalue weighted by Gasteiger charge is 2.21. The molecule has 1 heterocycles. The predicted molar refractivity (Wildman–Crippen MR) is 261 cm³/mol. The molecule has 11 aromatic rings. The summed E-state index contributed by atoms with van der Waals surface area (Å²) < 4.78 is 6.68. The summed E-state index contributed by atoms with van der Waals surface area (Å²) in [5, 5.41) is 2.20. The second-order valence-electron chi connectivity index (χ2n) is 15.6. The number of fused-ring (bicyclic) bond motifs is 3. The molecule has 0 aliphatic carbocycles. The second-order valence-corrected chi connectivity index (χ2v) is 15.6. The van der Waals surface area contributed by atoms with Crippen LogP contribution in [-0.2, 0) is 0 Å². The first-order valence-electron chi connectivity index (χ1n) is 21.2. The van der Waals surface area contributed by atoms with Crippen molar-refractivity contribution in [2.75, 3.05) is 4.90 Å². The molecule has 10 aromatic carbocycles. The molecule has 0 unspecified atom stereocenters. The highest BCUT2D eigenvalue weighted by Crippen LogP contribution is 2.45. The molecular weight excluding hydrogens is 751 g/mol. The van der Waals surface area contributed by atoms with Crippen molar-refractivity contribution in [3.63, 3.8) is 0 Å².